The molecule has 2 unspecified atom stereocenters. The highest BCUT2D eigenvalue weighted by Gasteiger charge is 2.27. The van der Waals surface area contributed by atoms with Crippen LogP contribution in [0.5, 0.6) is 0 Å². The number of hydrogen-bond acceptors (Lipinski definition) is 3. The third kappa shape index (κ3) is 3.49. The summed E-state index contributed by atoms with van der Waals surface area (Å²) in [6.07, 6.45) is 4.67. The molecule has 2 N–H and O–H groups in total. The third-order valence-electron chi connectivity index (χ3n) is 3.29. The Morgan fingerprint density at radius 1 is 1.33 bits per heavy atom. The van der Waals surface area contributed by atoms with Gasteiger partial charge < -0.3 is 10.5 Å². The Labute approximate surface area is 92.4 Å². The van der Waals surface area contributed by atoms with Gasteiger partial charge in [0.15, 0.2) is 0 Å². The number of carbonyl (C=O) groups excluding carboxylic acids is 1. The SMILES string of the molecule is CC1CCCCC1OC(=O)[C@@H](N)C(C)C. The number of ether oxygens (including phenoxy) is 1. The first-order valence-corrected chi connectivity index (χ1v) is 5.98. The molecule has 0 aromatic heterocycles. The standard InChI is InChI=1S/C12H23NO2/c1-8(2)11(13)12(14)15-10-7-5-4-6-9(10)3/h8-11H,4-7,13H2,1-3H3/t9?,10?,11-/m0/s1. The molecule has 1 saturated carbocycles. The largest absolute Gasteiger partial charge is 0.461 e. The number of hydrogen-bond donors (Lipinski definition) is 1. The van der Waals surface area contributed by atoms with Gasteiger partial charge in [-0.3, -0.25) is 4.79 Å². The summed E-state index contributed by atoms with van der Waals surface area (Å²) in [5, 5.41) is 0. The molecule has 1 aliphatic carbocycles. The molecule has 0 aliphatic heterocycles. The molecule has 0 aromatic rings. The summed E-state index contributed by atoms with van der Waals surface area (Å²) >= 11 is 0. The molecule has 3 heteroatoms. The van der Waals surface area contributed by atoms with E-state index in [1.807, 2.05) is 13.8 Å². The lowest BCUT2D eigenvalue weighted by molar-refractivity contribution is -0.155. The second-order valence-electron chi connectivity index (χ2n) is 5.01. The summed E-state index contributed by atoms with van der Waals surface area (Å²) in [5.74, 6) is 0.405. The quantitative estimate of drug-likeness (QED) is 0.730. The van der Waals surface area contributed by atoms with Gasteiger partial charge in [-0.1, -0.05) is 27.2 Å². The van der Waals surface area contributed by atoms with Crippen LogP contribution in [0.25, 0.3) is 0 Å². The zero-order chi connectivity index (χ0) is 11.4. The maximum Gasteiger partial charge on any atom is 0.323 e. The van der Waals surface area contributed by atoms with E-state index in [1.54, 1.807) is 0 Å². The van der Waals surface area contributed by atoms with Crippen molar-refractivity contribution in [2.24, 2.45) is 17.6 Å². The van der Waals surface area contributed by atoms with Crippen LogP contribution in [-0.4, -0.2) is 18.1 Å². The van der Waals surface area contributed by atoms with Gasteiger partial charge >= 0.3 is 5.97 Å². The van der Waals surface area contributed by atoms with E-state index in [4.69, 9.17) is 10.5 Å². The van der Waals surface area contributed by atoms with Gasteiger partial charge in [-0.15, -0.1) is 0 Å². The lowest BCUT2D eigenvalue weighted by Crippen LogP contribution is -2.40. The van der Waals surface area contributed by atoms with Gasteiger partial charge in [0.2, 0.25) is 0 Å². The molecule has 1 fully saturated rings. The molecule has 0 heterocycles. The van der Waals surface area contributed by atoms with Crippen LogP contribution in [0, 0.1) is 11.8 Å². The molecule has 0 bridgehead atoms. The van der Waals surface area contributed by atoms with Crippen LogP contribution < -0.4 is 5.73 Å². The molecule has 88 valence electrons. The lowest BCUT2D eigenvalue weighted by atomic mass is 9.88. The maximum absolute atomic E-state index is 11.7. The minimum Gasteiger partial charge on any atom is -0.461 e. The van der Waals surface area contributed by atoms with E-state index in [-0.39, 0.29) is 18.0 Å². The highest BCUT2D eigenvalue weighted by molar-refractivity contribution is 5.75. The zero-order valence-electron chi connectivity index (χ0n) is 10.0. The first-order chi connectivity index (χ1) is 7.02. The molecule has 3 atom stereocenters. The predicted molar refractivity (Wildman–Crippen MR) is 60.3 cm³/mol. The van der Waals surface area contributed by atoms with Crippen molar-refractivity contribution < 1.29 is 9.53 Å². The highest BCUT2D eigenvalue weighted by atomic mass is 16.5. The van der Waals surface area contributed by atoms with Crippen molar-refractivity contribution in [1.82, 2.24) is 0 Å². The molecule has 15 heavy (non-hydrogen) atoms. The molecule has 1 aliphatic rings. The maximum atomic E-state index is 11.7. The summed E-state index contributed by atoms with van der Waals surface area (Å²) in [5.41, 5.74) is 5.75. The van der Waals surface area contributed by atoms with Crippen molar-refractivity contribution >= 4 is 5.97 Å². The summed E-state index contributed by atoms with van der Waals surface area (Å²) in [6.45, 7) is 6.03. The van der Waals surface area contributed by atoms with E-state index in [0.717, 1.165) is 12.8 Å². The smallest absolute Gasteiger partial charge is 0.323 e. The minimum absolute atomic E-state index is 0.0936. The van der Waals surface area contributed by atoms with Crippen LogP contribution in [0.15, 0.2) is 0 Å². The fourth-order valence-electron chi connectivity index (χ4n) is 1.96. The van der Waals surface area contributed by atoms with Gasteiger partial charge in [-0.05, 0) is 31.1 Å². The molecular weight excluding hydrogens is 190 g/mol. The van der Waals surface area contributed by atoms with Crippen LogP contribution in [0.2, 0.25) is 0 Å². The number of nitrogens with two attached hydrogens (primary N) is 1. The van der Waals surface area contributed by atoms with Crippen LogP contribution in [0.1, 0.15) is 46.5 Å². The Hall–Kier alpha value is -0.570. The van der Waals surface area contributed by atoms with Crippen molar-refractivity contribution in [2.75, 3.05) is 0 Å². The Balaban J connectivity index is 2.42. The van der Waals surface area contributed by atoms with E-state index in [2.05, 4.69) is 6.92 Å². The van der Waals surface area contributed by atoms with Gasteiger partial charge in [0.25, 0.3) is 0 Å². The predicted octanol–water partition coefficient (Wildman–Crippen LogP) is 2.09. The molecule has 1 rings (SSSR count). The van der Waals surface area contributed by atoms with Gasteiger partial charge in [-0.2, -0.15) is 0 Å². The van der Waals surface area contributed by atoms with Crippen molar-refractivity contribution in [3.05, 3.63) is 0 Å². The fraction of sp³-hybridized carbons (Fsp3) is 0.917. The van der Waals surface area contributed by atoms with E-state index in [1.165, 1.54) is 12.8 Å². The third-order valence-corrected chi connectivity index (χ3v) is 3.29. The minimum atomic E-state index is -0.473. The van der Waals surface area contributed by atoms with E-state index in [0.29, 0.717) is 5.92 Å². The topological polar surface area (TPSA) is 52.3 Å². The summed E-state index contributed by atoms with van der Waals surface area (Å²) in [6, 6.07) is -0.473. The van der Waals surface area contributed by atoms with Crippen molar-refractivity contribution in [2.45, 2.75) is 58.6 Å². The Morgan fingerprint density at radius 2 is 1.93 bits per heavy atom. The highest BCUT2D eigenvalue weighted by Crippen LogP contribution is 2.26. The molecule has 0 spiro atoms. The van der Waals surface area contributed by atoms with E-state index < -0.39 is 6.04 Å². The van der Waals surface area contributed by atoms with Crippen LogP contribution in [0.4, 0.5) is 0 Å². The molecule has 0 saturated heterocycles. The number of esters is 1. The number of rotatable bonds is 3. The van der Waals surface area contributed by atoms with Gasteiger partial charge in [-0.25, -0.2) is 0 Å². The first-order valence-electron chi connectivity index (χ1n) is 5.98. The van der Waals surface area contributed by atoms with Crippen LogP contribution >= 0.6 is 0 Å². The molecule has 3 nitrogen and oxygen atoms in total. The monoisotopic (exact) mass is 213 g/mol. The first kappa shape index (κ1) is 12.5. The molecular formula is C12H23NO2. The molecule has 0 amide bonds. The lowest BCUT2D eigenvalue weighted by Gasteiger charge is -2.29. The van der Waals surface area contributed by atoms with Gasteiger partial charge in [0.05, 0.1) is 0 Å². The second kappa shape index (κ2) is 5.50. The Bertz CT molecular complexity index is 216. The summed E-state index contributed by atoms with van der Waals surface area (Å²) in [4.78, 5) is 11.7. The van der Waals surface area contributed by atoms with Crippen LogP contribution in [-0.2, 0) is 9.53 Å². The Morgan fingerprint density at radius 3 is 2.47 bits per heavy atom. The number of carbonyl (C=O) groups is 1. The van der Waals surface area contributed by atoms with E-state index >= 15 is 0 Å². The summed E-state index contributed by atoms with van der Waals surface area (Å²) < 4.78 is 5.46. The average Bonchev–Trinajstić information content (AvgIpc) is 2.20. The molecule has 0 radical (unpaired) electrons. The van der Waals surface area contributed by atoms with Crippen LogP contribution in [0.3, 0.4) is 0 Å². The van der Waals surface area contributed by atoms with E-state index in [9.17, 15) is 4.79 Å². The zero-order valence-corrected chi connectivity index (χ0v) is 10.0. The average molecular weight is 213 g/mol. The normalized spacial score (nSPS) is 28.9. The van der Waals surface area contributed by atoms with Gasteiger partial charge in [0.1, 0.15) is 12.1 Å². The Kier molecular flexibility index (Phi) is 4.58. The summed E-state index contributed by atoms with van der Waals surface area (Å²) in [7, 11) is 0. The van der Waals surface area contributed by atoms with Crippen molar-refractivity contribution in [3.8, 4) is 0 Å². The fourth-order valence-corrected chi connectivity index (χ4v) is 1.96. The van der Waals surface area contributed by atoms with Crippen molar-refractivity contribution in [3.63, 3.8) is 0 Å². The molecule has 0 aromatic carbocycles. The second-order valence-corrected chi connectivity index (χ2v) is 5.01. The van der Waals surface area contributed by atoms with Gasteiger partial charge in [0, 0.05) is 0 Å². The van der Waals surface area contributed by atoms with Crippen molar-refractivity contribution in [1.29, 1.82) is 0 Å².